The normalized spacial score (nSPS) is 12.4. The van der Waals surface area contributed by atoms with Crippen LogP contribution in [0.4, 0.5) is 0 Å². The van der Waals surface area contributed by atoms with Crippen LogP contribution in [0.25, 0.3) is 11.0 Å². The van der Waals surface area contributed by atoms with E-state index in [1.54, 1.807) is 26.0 Å². The third kappa shape index (κ3) is 1.91. The number of nitrogens with one attached hydrogen (secondary N) is 1. The maximum absolute atomic E-state index is 11.9. The van der Waals surface area contributed by atoms with Crippen molar-refractivity contribution in [1.82, 2.24) is 15.0 Å². The molecule has 0 radical (unpaired) electrons. The van der Waals surface area contributed by atoms with Crippen molar-refractivity contribution >= 4 is 21.1 Å². The molecule has 0 aliphatic heterocycles. The molecular formula is C9H11N3O3S. The minimum atomic E-state index is -3.57. The van der Waals surface area contributed by atoms with Gasteiger partial charge in [-0.2, -0.15) is 0 Å². The van der Waals surface area contributed by atoms with Crippen LogP contribution in [0.3, 0.4) is 0 Å². The zero-order valence-electron chi connectivity index (χ0n) is 8.84. The Hall–Kier alpha value is -1.47. The van der Waals surface area contributed by atoms with Crippen LogP contribution in [-0.4, -0.2) is 24.8 Å². The number of fused-ring (bicyclic) bond motifs is 1. The average molecular weight is 241 g/mol. The van der Waals surface area contributed by atoms with Crippen molar-refractivity contribution in [3.8, 4) is 0 Å². The lowest BCUT2D eigenvalue weighted by Crippen LogP contribution is -2.30. The van der Waals surface area contributed by atoms with E-state index in [1.165, 1.54) is 6.07 Å². The third-order valence-corrected chi connectivity index (χ3v) is 3.62. The van der Waals surface area contributed by atoms with Crippen molar-refractivity contribution in [2.45, 2.75) is 24.8 Å². The molecule has 1 aromatic heterocycles. The van der Waals surface area contributed by atoms with Gasteiger partial charge in [0.05, 0.1) is 0 Å². The van der Waals surface area contributed by atoms with Gasteiger partial charge in [-0.15, -0.1) is 0 Å². The fourth-order valence-corrected chi connectivity index (χ4v) is 2.77. The highest BCUT2D eigenvalue weighted by Crippen LogP contribution is 2.19. The van der Waals surface area contributed by atoms with Crippen LogP contribution < -0.4 is 4.72 Å². The highest BCUT2D eigenvalue weighted by atomic mass is 32.2. The molecule has 0 spiro atoms. The van der Waals surface area contributed by atoms with Crippen LogP contribution >= 0.6 is 0 Å². The van der Waals surface area contributed by atoms with Crippen LogP contribution in [0.5, 0.6) is 0 Å². The molecule has 16 heavy (non-hydrogen) atoms. The largest absolute Gasteiger partial charge is 0.243 e. The summed E-state index contributed by atoms with van der Waals surface area (Å²) < 4.78 is 30.9. The molecular weight excluding hydrogens is 230 g/mol. The third-order valence-electron chi connectivity index (χ3n) is 1.93. The zero-order chi connectivity index (χ0) is 11.8. The first-order valence-electron chi connectivity index (χ1n) is 4.74. The van der Waals surface area contributed by atoms with Crippen molar-refractivity contribution in [2.75, 3.05) is 0 Å². The molecule has 0 atom stereocenters. The summed E-state index contributed by atoms with van der Waals surface area (Å²) in [5, 5.41) is 7.18. The van der Waals surface area contributed by atoms with E-state index in [0.29, 0.717) is 5.52 Å². The number of sulfonamides is 1. The van der Waals surface area contributed by atoms with E-state index in [1.807, 2.05) is 0 Å². The zero-order valence-corrected chi connectivity index (χ0v) is 9.65. The fraction of sp³-hybridized carbons (Fsp3) is 0.333. The predicted molar refractivity (Wildman–Crippen MR) is 57.3 cm³/mol. The Bertz CT molecular complexity index is 603. The minimum absolute atomic E-state index is 0.0833. The first kappa shape index (κ1) is 11.0. The van der Waals surface area contributed by atoms with Gasteiger partial charge in [-0.25, -0.2) is 17.8 Å². The van der Waals surface area contributed by atoms with Crippen LogP contribution in [0.2, 0.25) is 0 Å². The van der Waals surface area contributed by atoms with E-state index in [2.05, 4.69) is 19.7 Å². The van der Waals surface area contributed by atoms with E-state index in [9.17, 15) is 8.42 Å². The second-order valence-corrected chi connectivity index (χ2v) is 5.35. The molecule has 7 heteroatoms. The van der Waals surface area contributed by atoms with E-state index in [0.717, 1.165) is 0 Å². The van der Waals surface area contributed by atoms with Crippen molar-refractivity contribution in [3.63, 3.8) is 0 Å². The molecule has 1 aromatic carbocycles. The maximum Gasteiger partial charge on any atom is 0.243 e. The van der Waals surface area contributed by atoms with Gasteiger partial charge in [-0.05, 0) is 36.3 Å². The molecule has 0 unspecified atom stereocenters. The van der Waals surface area contributed by atoms with Crippen LogP contribution in [0.15, 0.2) is 27.7 Å². The standard InChI is InChI=1S/C9H11N3O3S/c1-6(2)12-16(13,14)8-5-3-4-7-9(8)11-15-10-7/h3-6,12H,1-2H3. The predicted octanol–water partition coefficient (Wildman–Crippen LogP) is 0.909. The molecule has 1 heterocycles. The average Bonchev–Trinajstić information content (AvgIpc) is 2.62. The van der Waals surface area contributed by atoms with Crippen LogP contribution in [0, 0.1) is 0 Å². The number of aromatic nitrogens is 2. The second-order valence-electron chi connectivity index (χ2n) is 3.66. The number of nitrogens with zero attached hydrogens (tertiary/aromatic N) is 2. The van der Waals surface area contributed by atoms with Gasteiger partial charge in [0.2, 0.25) is 10.0 Å². The lowest BCUT2D eigenvalue weighted by Gasteiger charge is -2.08. The molecule has 1 N–H and O–H groups in total. The Balaban J connectivity index is 2.59. The van der Waals surface area contributed by atoms with Gasteiger partial charge in [0.1, 0.15) is 10.4 Å². The summed E-state index contributed by atoms with van der Waals surface area (Å²) in [5.74, 6) is 0. The van der Waals surface area contributed by atoms with Gasteiger partial charge in [-0.3, -0.25) is 0 Å². The van der Waals surface area contributed by atoms with Gasteiger partial charge in [0.15, 0.2) is 5.52 Å². The van der Waals surface area contributed by atoms with Gasteiger partial charge < -0.3 is 0 Å². The van der Waals surface area contributed by atoms with Crippen molar-refractivity contribution < 1.29 is 13.0 Å². The SMILES string of the molecule is CC(C)NS(=O)(=O)c1cccc2nonc12. The van der Waals surface area contributed by atoms with Gasteiger partial charge in [0, 0.05) is 6.04 Å². The van der Waals surface area contributed by atoms with Gasteiger partial charge in [-0.1, -0.05) is 6.07 Å². The summed E-state index contributed by atoms with van der Waals surface area (Å²) >= 11 is 0. The summed E-state index contributed by atoms with van der Waals surface area (Å²) in [6.45, 7) is 3.50. The van der Waals surface area contributed by atoms with Gasteiger partial charge >= 0.3 is 0 Å². The molecule has 0 saturated carbocycles. The monoisotopic (exact) mass is 241 g/mol. The van der Waals surface area contributed by atoms with Crippen molar-refractivity contribution in [3.05, 3.63) is 18.2 Å². The first-order valence-corrected chi connectivity index (χ1v) is 6.22. The summed E-state index contributed by atoms with van der Waals surface area (Å²) in [7, 11) is -3.57. The highest BCUT2D eigenvalue weighted by Gasteiger charge is 2.20. The van der Waals surface area contributed by atoms with E-state index in [-0.39, 0.29) is 16.5 Å². The lowest BCUT2D eigenvalue weighted by atomic mass is 10.3. The van der Waals surface area contributed by atoms with E-state index in [4.69, 9.17) is 0 Å². The minimum Gasteiger partial charge on any atom is -0.243 e. The number of hydrogen-bond donors (Lipinski definition) is 1. The number of benzene rings is 1. The quantitative estimate of drug-likeness (QED) is 0.863. The summed E-state index contributed by atoms with van der Waals surface area (Å²) in [5.41, 5.74) is 0.669. The molecule has 0 saturated heterocycles. The summed E-state index contributed by atoms with van der Waals surface area (Å²) in [4.78, 5) is 0.0833. The molecule has 0 fully saturated rings. The molecule has 86 valence electrons. The Labute approximate surface area is 92.7 Å². The lowest BCUT2D eigenvalue weighted by molar-refractivity contribution is 0.315. The molecule has 6 nitrogen and oxygen atoms in total. The molecule has 0 aliphatic carbocycles. The molecule has 2 rings (SSSR count). The second kappa shape index (κ2) is 3.84. The fourth-order valence-electron chi connectivity index (χ4n) is 1.37. The topological polar surface area (TPSA) is 85.1 Å². The summed E-state index contributed by atoms with van der Waals surface area (Å²) in [6, 6.07) is 4.53. The summed E-state index contributed by atoms with van der Waals surface area (Å²) in [6.07, 6.45) is 0. The molecule has 2 aromatic rings. The molecule has 0 bridgehead atoms. The molecule has 0 aliphatic rings. The number of rotatable bonds is 3. The Morgan fingerprint density at radius 3 is 2.75 bits per heavy atom. The van der Waals surface area contributed by atoms with Crippen molar-refractivity contribution in [1.29, 1.82) is 0 Å². The van der Waals surface area contributed by atoms with Crippen molar-refractivity contribution in [2.24, 2.45) is 0 Å². The Morgan fingerprint density at radius 2 is 2.06 bits per heavy atom. The van der Waals surface area contributed by atoms with E-state index >= 15 is 0 Å². The smallest absolute Gasteiger partial charge is 0.243 e. The van der Waals surface area contributed by atoms with E-state index < -0.39 is 10.0 Å². The number of hydrogen-bond acceptors (Lipinski definition) is 5. The van der Waals surface area contributed by atoms with Crippen LogP contribution in [0.1, 0.15) is 13.8 Å². The molecule has 0 amide bonds. The Kier molecular flexibility index (Phi) is 2.64. The first-order chi connectivity index (χ1) is 7.50. The van der Waals surface area contributed by atoms with Gasteiger partial charge in [0.25, 0.3) is 0 Å². The van der Waals surface area contributed by atoms with Crippen LogP contribution in [-0.2, 0) is 10.0 Å². The maximum atomic E-state index is 11.9. The highest BCUT2D eigenvalue weighted by molar-refractivity contribution is 7.89. The Morgan fingerprint density at radius 1 is 1.31 bits per heavy atom.